The third-order valence-corrected chi connectivity index (χ3v) is 3.47. The van der Waals surface area contributed by atoms with E-state index in [1.807, 2.05) is 30.3 Å². The van der Waals surface area contributed by atoms with Crippen LogP contribution in [0.2, 0.25) is 0 Å². The number of ether oxygens (including phenoxy) is 1. The highest BCUT2D eigenvalue weighted by Crippen LogP contribution is 2.19. The first-order valence-corrected chi connectivity index (χ1v) is 7.34. The molecule has 0 unspecified atom stereocenters. The second-order valence-electron chi connectivity index (χ2n) is 5.16. The molecule has 1 N–H and O–H groups in total. The minimum absolute atomic E-state index is 0.393. The van der Waals surface area contributed by atoms with Crippen molar-refractivity contribution in [3.63, 3.8) is 0 Å². The van der Waals surface area contributed by atoms with Gasteiger partial charge in [0.15, 0.2) is 6.61 Å². The van der Waals surface area contributed by atoms with Crippen LogP contribution in [-0.2, 0) is 9.53 Å². The molecule has 0 heterocycles. The smallest absolute Gasteiger partial charge is 0.339 e. The van der Waals surface area contributed by atoms with Crippen molar-refractivity contribution in [3.8, 4) is 0 Å². The molecular weight excluding hydrogens is 309 g/mol. The lowest BCUT2D eigenvalue weighted by Gasteiger charge is -2.08. The third-order valence-electron chi connectivity index (χ3n) is 3.47. The molecule has 0 radical (unpaired) electrons. The minimum Gasteiger partial charge on any atom is -0.452 e. The van der Waals surface area contributed by atoms with Crippen molar-refractivity contribution in [3.05, 3.63) is 78.1 Å². The lowest BCUT2D eigenvalue weighted by Crippen LogP contribution is -2.21. The van der Waals surface area contributed by atoms with E-state index in [1.54, 1.807) is 12.1 Å². The summed E-state index contributed by atoms with van der Waals surface area (Å²) < 4.78 is 17.9. The first-order valence-electron chi connectivity index (χ1n) is 7.34. The van der Waals surface area contributed by atoms with Gasteiger partial charge < -0.3 is 10.1 Å². The Balaban J connectivity index is 1.64. The van der Waals surface area contributed by atoms with E-state index in [4.69, 9.17) is 4.74 Å². The molecule has 0 fully saturated rings. The van der Waals surface area contributed by atoms with Crippen LogP contribution in [0.5, 0.6) is 0 Å². The van der Waals surface area contributed by atoms with Crippen LogP contribution >= 0.6 is 0 Å². The monoisotopic (exact) mass is 323 g/mol. The van der Waals surface area contributed by atoms with Crippen molar-refractivity contribution in [2.75, 3.05) is 11.9 Å². The van der Waals surface area contributed by atoms with E-state index in [0.717, 1.165) is 10.8 Å². The van der Waals surface area contributed by atoms with E-state index in [0.29, 0.717) is 11.3 Å². The van der Waals surface area contributed by atoms with Crippen molar-refractivity contribution in [2.24, 2.45) is 0 Å². The topological polar surface area (TPSA) is 55.4 Å². The average Bonchev–Trinajstić information content (AvgIpc) is 2.61. The SMILES string of the molecule is O=C(COC(=O)c1cccc2ccccc12)Nc1ccc(F)cc1. The number of carbonyl (C=O) groups is 2. The van der Waals surface area contributed by atoms with Crippen LogP contribution in [0.15, 0.2) is 66.7 Å². The molecule has 0 spiro atoms. The summed E-state index contributed by atoms with van der Waals surface area (Å²) in [6.45, 7) is -0.417. The fourth-order valence-corrected chi connectivity index (χ4v) is 2.34. The molecule has 24 heavy (non-hydrogen) atoms. The maximum absolute atomic E-state index is 12.8. The zero-order chi connectivity index (χ0) is 16.9. The highest BCUT2D eigenvalue weighted by atomic mass is 19.1. The quantitative estimate of drug-likeness (QED) is 0.744. The molecule has 0 bridgehead atoms. The Bertz CT molecular complexity index is 885. The fourth-order valence-electron chi connectivity index (χ4n) is 2.34. The molecule has 4 nitrogen and oxygen atoms in total. The number of nitrogens with one attached hydrogen (secondary N) is 1. The Hall–Kier alpha value is -3.21. The van der Waals surface area contributed by atoms with Gasteiger partial charge in [-0.1, -0.05) is 36.4 Å². The van der Waals surface area contributed by atoms with E-state index in [9.17, 15) is 14.0 Å². The molecular formula is C19H14FNO3. The minimum atomic E-state index is -0.568. The highest BCUT2D eigenvalue weighted by Gasteiger charge is 2.13. The summed E-state index contributed by atoms with van der Waals surface area (Å²) in [5.41, 5.74) is 0.838. The molecule has 0 atom stereocenters. The number of fused-ring (bicyclic) bond motifs is 1. The first kappa shape index (κ1) is 15.7. The zero-order valence-corrected chi connectivity index (χ0v) is 12.7. The Morgan fingerprint density at radius 2 is 1.62 bits per heavy atom. The maximum Gasteiger partial charge on any atom is 0.339 e. The van der Waals surface area contributed by atoms with Gasteiger partial charge in [0.25, 0.3) is 5.91 Å². The number of anilines is 1. The largest absolute Gasteiger partial charge is 0.452 e. The van der Waals surface area contributed by atoms with Gasteiger partial charge in [0, 0.05) is 5.69 Å². The van der Waals surface area contributed by atoms with Crippen LogP contribution in [0.25, 0.3) is 10.8 Å². The summed E-state index contributed by atoms with van der Waals surface area (Å²) in [4.78, 5) is 24.0. The molecule has 3 aromatic rings. The van der Waals surface area contributed by atoms with Crippen LogP contribution in [0, 0.1) is 5.82 Å². The van der Waals surface area contributed by atoms with E-state index in [1.165, 1.54) is 24.3 Å². The summed E-state index contributed by atoms with van der Waals surface area (Å²) >= 11 is 0. The standard InChI is InChI=1S/C19H14FNO3/c20-14-8-10-15(11-9-14)21-18(22)12-24-19(23)17-7-3-5-13-4-1-2-6-16(13)17/h1-11H,12H2,(H,21,22). The van der Waals surface area contributed by atoms with Gasteiger partial charge in [-0.3, -0.25) is 4.79 Å². The van der Waals surface area contributed by atoms with Gasteiger partial charge in [0.2, 0.25) is 0 Å². The number of hydrogen-bond acceptors (Lipinski definition) is 3. The molecule has 0 aliphatic carbocycles. The number of esters is 1. The van der Waals surface area contributed by atoms with E-state index in [2.05, 4.69) is 5.32 Å². The number of halogens is 1. The molecule has 5 heteroatoms. The molecule has 3 rings (SSSR count). The molecule has 3 aromatic carbocycles. The van der Waals surface area contributed by atoms with Crippen LogP contribution < -0.4 is 5.32 Å². The van der Waals surface area contributed by atoms with Gasteiger partial charge in [-0.15, -0.1) is 0 Å². The van der Waals surface area contributed by atoms with E-state index in [-0.39, 0.29) is 0 Å². The highest BCUT2D eigenvalue weighted by molar-refractivity contribution is 6.05. The van der Waals surface area contributed by atoms with Crippen LogP contribution in [0.1, 0.15) is 10.4 Å². The van der Waals surface area contributed by atoms with E-state index >= 15 is 0 Å². The van der Waals surface area contributed by atoms with Crippen molar-refractivity contribution < 1.29 is 18.7 Å². The van der Waals surface area contributed by atoms with Crippen molar-refractivity contribution >= 4 is 28.3 Å². The molecule has 120 valence electrons. The molecule has 0 aliphatic rings. The molecule has 0 saturated heterocycles. The van der Waals surface area contributed by atoms with Gasteiger partial charge in [0.05, 0.1) is 5.56 Å². The summed E-state index contributed by atoms with van der Waals surface area (Å²) in [5, 5.41) is 4.22. The predicted octanol–water partition coefficient (Wildman–Crippen LogP) is 3.77. The molecule has 0 aliphatic heterocycles. The Labute approximate surface area is 137 Å². The number of rotatable bonds is 4. The Morgan fingerprint density at radius 1 is 0.917 bits per heavy atom. The Kier molecular flexibility index (Phi) is 4.52. The average molecular weight is 323 g/mol. The number of amides is 1. The summed E-state index contributed by atoms with van der Waals surface area (Å²) in [7, 11) is 0. The second-order valence-corrected chi connectivity index (χ2v) is 5.16. The van der Waals surface area contributed by atoms with Crippen molar-refractivity contribution in [2.45, 2.75) is 0 Å². The lowest BCUT2D eigenvalue weighted by molar-refractivity contribution is -0.119. The maximum atomic E-state index is 12.8. The van der Waals surface area contributed by atoms with Gasteiger partial charge in [-0.05, 0) is 41.1 Å². The summed E-state index contributed by atoms with van der Waals surface area (Å²) in [6.07, 6.45) is 0. The van der Waals surface area contributed by atoms with Gasteiger partial charge in [0.1, 0.15) is 5.82 Å². The third kappa shape index (κ3) is 3.57. The fraction of sp³-hybridized carbons (Fsp3) is 0.0526. The summed E-state index contributed by atoms with van der Waals surface area (Å²) in [6, 6.07) is 18.1. The van der Waals surface area contributed by atoms with Crippen LogP contribution in [0.3, 0.4) is 0 Å². The van der Waals surface area contributed by atoms with Gasteiger partial charge in [-0.25, -0.2) is 9.18 Å². The van der Waals surface area contributed by atoms with Crippen LogP contribution in [0.4, 0.5) is 10.1 Å². The molecule has 0 saturated carbocycles. The van der Waals surface area contributed by atoms with Gasteiger partial charge >= 0.3 is 5.97 Å². The van der Waals surface area contributed by atoms with Crippen LogP contribution in [-0.4, -0.2) is 18.5 Å². The predicted molar refractivity (Wildman–Crippen MR) is 89.3 cm³/mol. The number of hydrogen-bond donors (Lipinski definition) is 1. The molecule has 1 amide bonds. The van der Waals surface area contributed by atoms with Gasteiger partial charge in [-0.2, -0.15) is 0 Å². The second kappa shape index (κ2) is 6.91. The number of benzene rings is 3. The normalized spacial score (nSPS) is 10.4. The van der Waals surface area contributed by atoms with Crippen molar-refractivity contribution in [1.29, 1.82) is 0 Å². The summed E-state index contributed by atoms with van der Waals surface area (Å²) in [5.74, 6) is -1.45. The molecule has 0 aromatic heterocycles. The number of carbonyl (C=O) groups excluding carboxylic acids is 2. The van der Waals surface area contributed by atoms with Crippen molar-refractivity contribution in [1.82, 2.24) is 0 Å². The van der Waals surface area contributed by atoms with E-state index < -0.39 is 24.3 Å². The zero-order valence-electron chi connectivity index (χ0n) is 12.7. The Morgan fingerprint density at radius 3 is 2.42 bits per heavy atom. The lowest BCUT2D eigenvalue weighted by atomic mass is 10.1. The first-order chi connectivity index (χ1) is 11.6.